The Morgan fingerprint density at radius 1 is 1.58 bits per heavy atom. The van der Waals surface area contributed by atoms with Gasteiger partial charge in [0.25, 0.3) is 0 Å². The number of hydrogen-bond donors (Lipinski definition) is 2. The molecule has 0 radical (unpaired) electrons. The SMILES string of the molecule is COC(C)C(CC1CCC1)NN. The lowest BCUT2D eigenvalue weighted by molar-refractivity contribution is 0.0673. The molecule has 0 aromatic rings. The third kappa shape index (κ3) is 2.44. The van der Waals surface area contributed by atoms with Crippen LogP contribution in [0.5, 0.6) is 0 Å². The van der Waals surface area contributed by atoms with Crippen molar-refractivity contribution in [2.45, 2.75) is 44.8 Å². The molecule has 0 amide bonds. The highest BCUT2D eigenvalue weighted by molar-refractivity contribution is 4.79. The molecule has 2 atom stereocenters. The van der Waals surface area contributed by atoms with E-state index < -0.39 is 0 Å². The van der Waals surface area contributed by atoms with Gasteiger partial charge in [0, 0.05) is 13.2 Å². The Bertz CT molecular complexity index is 126. The molecule has 0 aromatic heterocycles. The zero-order chi connectivity index (χ0) is 8.97. The predicted octanol–water partition coefficient (Wildman–Crippen LogP) is 1.04. The number of methoxy groups -OCH3 is 1. The maximum atomic E-state index is 5.45. The number of nitrogens with two attached hydrogens (primary N) is 1. The third-order valence-corrected chi connectivity index (χ3v) is 2.96. The van der Waals surface area contributed by atoms with Crippen LogP contribution < -0.4 is 11.3 Å². The summed E-state index contributed by atoms with van der Waals surface area (Å²) < 4.78 is 5.23. The van der Waals surface area contributed by atoms with E-state index >= 15 is 0 Å². The van der Waals surface area contributed by atoms with E-state index in [1.54, 1.807) is 7.11 Å². The van der Waals surface area contributed by atoms with Crippen molar-refractivity contribution in [1.29, 1.82) is 0 Å². The summed E-state index contributed by atoms with van der Waals surface area (Å²) in [5.74, 6) is 6.32. The monoisotopic (exact) mass is 172 g/mol. The Balaban J connectivity index is 2.23. The van der Waals surface area contributed by atoms with Crippen LogP contribution in [0.2, 0.25) is 0 Å². The molecule has 1 rings (SSSR count). The first-order valence-electron chi connectivity index (χ1n) is 4.76. The summed E-state index contributed by atoms with van der Waals surface area (Å²) in [5.41, 5.74) is 2.83. The minimum absolute atomic E-state index is 0.218. The first-order valence-corrected chi connectivity index (χ1v) is 4.76. The van der Waals surface area contributed by atoms with Crippen molar-refractivity contribution in [2.75, 3.05) is 7.11 Å². The van der Waals surface area contributed by atoms with Gasteiger partial charge in [0.2, 0.25) is 0 Å². The molecule has 0 bridgehead atoms. The Morgan fingerprint density at radius 3 is 2.58 bits per heavy atom. The molecule has 3 heteroatoms. The summed E-state index contributed by atoms with van der Waals surface area (Å²) >= 11 is 0. The molecule has 12 heavy (non-hydrogen) atoms. The lowest BCUT2D eigenvalue weighted by Crippen LogP contribution is -2.45. The van der Waals surface area contributed by atoms with E-state index in [9.17, 15) is 0 Å². The number of hydrogen-bond acceptors (Lipinski definition) is 3. The van der Waals surface area contributed by atoms with Crippen molar-refractivity contribution in [2.24, 2.45) is 11.8 Å². The minimum atomic E-state index is 0.218. The normalized spacial score (nSPS) is 23.2. The van der Waals surface area contributed by atoms with E-state index in [2.05, 4.69) is 12.3 Å². The van der Waals surface area contributed by atoms with Crippen LogP contribution >= 0.6 is 0 Å². The maximum absolute atomic E-state index is 5.45. The highest BCUT2D eigenvalue weighted by Gasteiger charge is 2.24. The largest absolute Gasteiger partial charge is 0.380 e. The van der Waals surface area contributed by atoms with Crippen LogP contribution in [0.3, 0.4) is 0 Å². The summed E-state index contributed by atoms with van der Waals surface area (Å²) in [4.78, 5) is 0. The summed E-state index contributed by atoms with van der Waals surface area (Å²) in [5, 5.41) is 0. The van der Waals surface area contributed by atoms with Crippen molar-refractivity contribution in [3.8, 4) is 0 Å². The average molecular weight is 172 g/mol. The van der Waals surface area contributed by atoms with E-state index in [0.717, 1.165) is 12.3 Å². The third-order valence-electron chi connectivity index (χ3n) is 2.96. The predicted molar refractivity (Wildman–Crippen MR) is 49.5 cm³/mol. The van der Waals surface area contributed by atoms with Crippen LogP contribution in [-0.4, -0.2) is 19.3 Å². The lowest BCUT2D eigenvalue weighted by Gasteiger charge is -2.31. The Kier molecular flexibility index (Phi) is 3.98. The number of nitrogens with one attached hydrogen (secondary N) is 1. The van der Waals surface area contributed by atoms with E-state index in [-0.39, 0.29) is 6.10 Å². The molecule has 0 heterocycles. The fraction of sp³-hybridized carbons (Fsp3) is 1.00. The molecular formula is C9H20N2O. The molecule has 3 N–H and O–H groups in total. The smallest absolute Gasteiger partial charge is 0.0709 e. The molecular weight excluding hydrogens is 152 g/mol. The van der Waals surface area contributed by atoms with Crippen molar-refractivity contribution in [3.05, 3.63) is 0 Å². The van der Waals surface area contributed by atoms with Gasteiger partial charge in [-0.2, -0.15) is 0 Å². The lowest BCUT2D eigenvalue weighted by atomic mass is 9.80. The van der Waals surface area contributed by atoms with Crippen molar-refractivity contribution in [3.63, 3.8) is 0 Å². The van der Waals surface area contributed by atoms with E-state index in [1.165, 1.54) is 19.3 Å². The van der Waals surface area contributed by atoms with Gasteiger partial charge in [0.15, 0.2) is 0 Å². The Labute approximate surface area is 74.6 Å². The summed E-state index contributed by atoms with van der Waals surface area (Å²) in [6.45, 7) is 2.06. The van der Waals surface area contributed by atoms with Gasteiger partial charge in [0.1, 0.15) is 0 Å². The first-order chi connectivity index (χ1) is 5.77. The maximum Gasteiger partial charge on any atom is 0.0709 e. The van der Waals surface area contributed by atoms with Crippen LogP contribution in [0.25, 0.3) is 0 Å². The molecule has 1 fully saturated rings. The average Bonchev–Trinajstić information content (AvgIpc) is 2.02. The second-order valence-corrected chi connectivity index (χ2v) is 3.75. The zero-order valence-electron chi connectivity index (χ0n) is 8.05. The van der Waals surface area contributed by atoms with Gasteiger partial charge in [-0.15, -0.1) is 0 Å². The molecule has 0 aromatic carbocycles. The number of ether oxygens (including phenoxy) is 1. The fourth-order valence-corrected chi connectivity index (χ4v) is 1.65. The van der Waals surface area contributed by atoms with Crippen LogP contribution in [0.1, 0.15) is 32.6 Å². The summed E-state index contributed by atoms with van der Waals surface area (Å²) in [7, 11) is 1.73. The molecule has 0 spiro atoms. The molecule has 0 saturated heterocycles. The van der Waals surface area contributed by atoms with Crippen molar-refractivity contribution >= 4 is 0 Å². The highest BCUT2D eigenvalue weighted by Crippen LogP contribution is 2.31. The second kappa shape index (κ2) is 4.80. The van der Waals surface area contributed by atoms with Gasteiger partial charge in [-0.05, 0) is 19.3 Å². The first kappa shape index (κ1) is 9.96. The molecule has 1 aliphatic carbocycles. The Hall–Kier alpha value is -0.120. The Morgan fingerprint density at radius 2 is 2.25 bits per heavy atom. The molecule has 72 valence electrons. The molecule has 1 aliphatic rings. The van der Waals surface area contributed by atoms with Crippen LogP contribution in [0, 0.1) is 5.92 Å². The molecule has 2 unspecified atom stereocenters. The molecule has 3 nitrogen and oxygen atoms in total. The van der Waals surface area contributed by atoms with Crippen molar-refractivity contribution in [1.82, 2.24) is 5.43 Å². The summed E-state index contributed by atoms with van der Waals surface area (Å²) in [6.07, 6.45) is 5.51. The van der Waals surface area contributed by atoms with E-state index in [1.807, 2.05) is 0 Å². The minimum Gasteiger partial charge on any atom is -0.380 e. The van der Waals surface area contributed by atoms with Crippen LogP contribution in [0.15, 0.2) is 0 Å². The number of hydrazine groups is 1. The number of rotatable bonds is 5. The van der Waals surface area contributed by atoms with Gasteiger partial charge >= 0.3 is 0 Å². The fourth-order valence-electron chi connectivity index (χ4n) is 1.65. The van der Waals surface area contributed by atoms with Crippen LogP contribution in [-0.2, 0) is 4.74 Å². The standard InChI is InChI=1S/C9H20N2O/c1-7(12-2)9(11-10)6-8-4-3-5-8/h7-9,11H,3-6,10H2,1-2H3. The molecule has 0 aliphatic heterocycles. The van der Waals surface area contributed by atoms with Crippen LogP contribution in [0.4, 0.5) is 0 Å². The quantitative estimate of drug-likeness (QED) is 0.481. The van der Waals surface area contributed by atoms with Crippen molar-refractivity contribution < 1.29 is 4.74 Å². The van der Waals surface area contributed by atoms with E-state index in [4.69, 9.17) is 10.6 Å². The highest BCUT2D eigenvalue weighted by atomic mass is 16.5. The van der Waals surface area contributed by atoms with Gasteiger partial charge < -0.3 is 4.74 Å². The summed E-state index contributed by atoms with van der Waals surface area (Å²) in [6, 6.07) is 0.320. The van der Waals surface area contributed by atoms with Gasteiger partial charge in [-0.3, -0.25) is 11.3 Å². The van der Waals surface area contributed by atoms with Gasteiger partial charge in [-0.1, -0.05) is 19.3 Å². The van der Waals surface area contributed by atoms with Gasteiger partial charge in [-0.25, -0.2) is 0 Å². The molecule has 1 saturated carbocycles. The van der Waals surface area contributed by atoms with Gasteiger partial charge in [0.05, 0.1) is 6.10 Å². The van der Waals surface area contributed by atoms with E-state index in [0.29, 0.717) is 6.04 Å². The topological polar surface area (TPSA) is 47.3 Å². The zero-order valence-corrected chi connectivity index (χ0v) is 8.05. The second-order valence-electron chi connectivity index (χ2n) is 3.75.